The van der Waals surface area contributed by atoms with Gasteiger partial charge in [-0.25, -0.2) is 18.4 Å². The highest BCUT2D eigenvalue weighted by Crippen LogP contribution is 2.33. The summed E-state index contributed by atoms with van der Waals surface area (Å²) < 4.78 is 30.2. The van der Waals surface area contributed by atoms with E-state index in [1.807, 2.05) is 56.6 Å². The van der Waals surface area contributed by atoms with Crippen LogP contribution in [0.15, 0.2) is 113 Å². The van der Waals surface area contributed by atoms with Gasteiger partial charge in [0.25, 0.3) is 15.7 Å². The first-order chi connectivity index (χ1) is 28.0. The molecule has 0 spiro atoms. The van der Waals surface area contributed by atoms with E-state index in [-0.39, 0.29) is 28.1 Å². The van der Waals surface area contributed by atoms with Crippen LogP contribution < -0.4 is 10.0 Å². The van der Waals surface area contributed by atoms with Crippen LogP contribution in [0.2, 0.25) is 5.02 Å². The number of halogens is 1. The van der Waals surface area contributed by atoms with Crippen LogP contribution in [0.1, 0.15) is 36.1 Å². The maximum atomic E-state index is 13.8. The molecule has 4 aromatic carbocycles. The van der Waals surface area contributed by atoms with Gasteiger partial charge in [-0.2, -0.15) is 0 Å². The number of hydrogen-bond acceptors (Lipinski definition) is 11. The molecule has 3 heterocycles. The molecule has 1 fully saturated rings. The van der Waals surface area contributed by atoms with Gasteiger partial charge in [0.15, 0.2) is 0 Å². The first kappa shape index (κ1) is 41.6. The highest BCUT2D eigenvalue weighted by Gasteiger charge is 2.31. The lowest BCUT2D eigenvalue weighted by Crippen LogP contribution is -2.46. The molecule has 12 nitrogen and oxygen atoms in total. The molecule has 0 unspecified atom stereocenters. The summed E-state index contributed by atoms with van der Waals surface area (Å²) in [7, 11) is -0.245. The van der Waals surface area contributed by atoms with E-state index in [2.05, 4.69) is 71.1 Å². The molecule has 2 N–H and O–H groups in total. The van der Waals surface area contributed by atoms with Crippen molar-refractivity contribution in [1.82, 2.24) is 24.7 Å². The fourth-order valence-electron chi connectivity index (χ4n) is 7.71. The predicted octanol–water partition coefficient (Wildman–Crippen LogP) is 8.05. The Morgan fingerprint density at radius 2 is 1.71 bits per heavy atom. The molecule has 0 saturated carbocycles. The van der Waals surface area contributed by atoms with E-state index in [1.54, 1.807) is 11.8 Å². The molecular formula is C43H49ClN8O4S2. The summed E-state index contributed by atoms with van der Waals surface area (Å²) in [5.41, 5.74) is 5.19. The van der Waals surface area contributed by atoms with Crippen LogP contribution in [0.4, 0.5) is 17.2 Å². The van der Waals surface area contributed by atoms with Crippen molar-refractivity contribution in [1.29, 1.82) is 0 Å². The summed E-state index contributed by atoms with van der Waals surface area (Å²) in [4.78, 5) is 28.6. The zero-order valence-corrected chi connectivity index (χ0v) is 35.1. The molecule has 2 aliphatic rings. The van der Waals surface area contributed by atoms with Gasteiger partial charge in [0.05, 0.1) is 15.5 Å². The molecule has 1 saturated heterocycles. The molecule has 1 aromatic heterocycles. The highest BCUT2D eigenvalue weighted by atomic mass is 35.5. The van der Waals surface area contributed by atoms with Crippen LogP contribution in [0.3, 0.4) is 0 Å². The van der Waals surface area contributed by atoms with Gasteiger partial charge < -0.3 is 10.2 Å². The summed E-state index contributed by atoms with van der Waals surface area (Å²) in [5, 5.41) is 16.4. The molecule has 0 aliphatic carbocycles. The average Bonchev–Trinajstić information content (AvgIpc) is 3.23. The smallest absolute Gasteiger partial charge is 0.293 e. The topological polar surface area (TPSA) is 137 Å². The van der Waals surface area contributed by atoms with E-state index >= 15 is 0 Å². The number of hydrogen-bond donors (Lipinski definition) is 2. The van der Waals surface area contributed by atoms with E-state index in [1.165, 1.54) is 29.6 Å². The van der Waals surface area contributed by atoms with Crippen LogP contribution >= 0.6 is 23.4 Å². The van der Waals surface area contributed by atoms with Crippen molar-refractivity contribution >= 4 is 50.6 Å². The van der Waals surface area contributed by atoms with E-state index < -0.39 is 14.9 Å². The van der Waals surface area contributed by atoms with Crippen LogP contribution in [0.5, 0.6) is 0 Å². The number of piperidine rings is 1. The molecule has 7 rings (SSSR count). The normalized spacial score (nSPS) is 15.9. The Labute approximate surface area is 350 Å². The lowest BCUT2D eigenvalue weighted by atomic mass is 9.96. The fraction of sp³-hybridized carbons (Fsp3) is 0.349. The second-order valence-corrected chi connectivity index (χ2v) is 18.4. The number of nitrogens with zero attached hydrogens (tertiary/aromatic N) is 6. The third kappa shape index (κ3) is 10.5. The lowest BCUT2D eigenvalue weighted by Gasteiger charge is -2.40. The number of likely N-dealkylation sites (tertiary alicyclic amines) is 1. The standard InChI is InChI=1S/C43H49ClN8O4S2/c1-49(2)22-18-34(29-57-36-9-4-3-5-10-36)47-40-17-16-37(26-42(40)52(53)54)58(55,56)48-43-39-21-25-51(28-41(39)45-30-46-43)35-19-23-50(24-20-35)27-32-8-6-7-11-38(32)31-12-14-33(44)15-13-31/h3-17,26,30,34-35,47H,18-25,27-29H2,1-2H3,(H,45,46,48)/t34-/m1/s1. The Bertz CT molecular complexity index is 2290. The van der Waals surface area contributed by atoms with E-state index in [9.17, 15) is 18.5 Å². The van der Waals surface area contributed by atoms with Crippen LogP contribution in [-0.2, 0) is 29.5 Å². The van der Waals surface area contributed by atoms with E-state index in [0.29, 0.717) is 24.8 Å². The SMILES string of the molecule is CN(C)CC[C@H](CSc1ccccc1)Nc1ccc(S(=O)(=O)Nc2ncnc3c2CCN(C2CCN(Cc4ccccc4-c4ccc(Cl)cc4)CC2)C3)cc1[N+](=O)[O-]. The number of thioether (sulfide) groups is 1. The number of nitro groups is 1. The second kappa shape index (κ2) is 19.0. The van der Waals surface area contributed by atoms with Gasteiger partial charge in [-0.3, -0.25) is 24.6 Å². The van der Waals surface area contributed by atoms with Gasteiger partial charge in [-0.05, 0) is 113 Å². The highest BCUT2D eigenvalue weighted by molar-refractivity contribution is 7.99. The van der Waals surface area contributed by atoms with Crippen molar-refractivity contribution < 1.29 is 13.3 Å². The summed E-state index contributed by atoms with van der Waals surface area (Å²) >= 11 is 7.81. The molecular weight excluding hydrogens is 792 g/mol. The summed E-state index contributed by atoms with van der Waals surface area (Å²) in [6.45, 7) is 4.95. The van der Waals surface area contributed by atoms with Gasteiger partial charge in [0, 0.05) is 59.0 Å². The minimum absolute atomic E-state index is 0.102. The molecule has 0 bridgehead atoms. The van der Waals surface area contributed by atoms with Crippen molar-refractivity contribution in [2.24, 2.45) is 0 Å². The number of benzene rings is 4. The monoisotopic (exact) mass is 840 g/mol. The molecule has 0 amide bonds. The number of fused-ring (bicyclic) bond motifs is 1. The molecule has 2 aliphatic heterocycles. The molecule has 58 heavy (non-hydrogen) atoms. The molecule has 1 atom stereocenters. The van der Waals surface area contributed by atoms with E-state index in [4.69, 9.17) is 11.6 Å². The van der Waals surface area contributed by atoms with Crippen molar-refractivity contribution in [3.63, 3.8) is 0 Å². The first-order valence-corrected chi connectivity index (χ1v) is 22.4. The summed E-state index contributed by atoms with van der Waals surface area (Å²) in [5.74, 6) is 0.887. The van der Waals surface area contributed by atoms with E-state index in [0.717, 1.165) is 84.8 Å². The number of nitrogens with one attached hydrogen (secondary N) is 2. The van der Waals surface area contributed by atoms with Crippen LogP contribution in [0.25, 0.3) is 11.1 Å². The minimum atomic E-state index is -4.21. The minimum Gasteiger partial charge on any atom is -0.376 e. The molecule has 0 radical (unpaired) electrons. The van der Waals surface area contributed by atoms with Crippen molar-refractivity contribution in [2.75, 3.05) is 56.1 Å². The molecule has 5 aromatic rings. The Kier molecular flexibility index (Phi) is 13.6. The zero-order valence-electron chi connectivity index (χ0n) is 32.8. The Balaban J connectivity index is 0.984. The third-order valence-electron chi connectivity index (χ3n) is 10.9. The van der Waals surface area contributed by atoms with Crippen molar-refractivity contribution in [3.8, 4) is 11.1 Å². The average molecular weight is 842 g/mol. The first-order valence-electron chi connectivity index (χ1n) is 19.6. The largest absolute Gasteiger partial charge is 0.376 e. The van der Waals surface area contributed by atoms with Gasteiger partial charge in [-0.15, -0.1) is 11.8 Å². The number of nitro benzene ring substituents is 1. The summed E-state index contributed by atoms with van der Waals surface area (Å²) in [6, 6.07) is 30.8. The van der Waals surface area contributed by atoms with Crippen LogP contribution in [0, 0.1) is 10.1 Å². The number of sulfonamides is 1. The second-order valence-electron chi connectivity index (χ2n) is 15.1. The third-order valence-corrected chi connectivity index (χ3v) is 13.6. The van der Waals surface area contributed by atoms with Gasteiger partial charge in [0.2, 0.25) is 0 Å². The Morgan fingerprint density at radius 1 is 0.966 bits per heavy atom. The lowest BCUT2D eigenvalue weighted by molar-refractivity contribution is -0.384. The van der Waals surface area contributed by atoms with Crippen molar-refractivity contribution in [2.45, 2.75) is 60.6 Å². The Morgan fingerprint density at radius 3 is 2.45 bits per heavy atom. The quantitative estimate of drug-likeness (QED) is 0.0568. The number of aromatic nitrogens is 2. The maximum Gasteiger partial charge on any atom is 0.293 e. The van der Waals surface area contributed by atoms with Crippen LogP contribution in [-0.4, -0.2) is 96.1 Å². The maximum absolute atomic E-state index is 13.8. The molecule has 304 valence electrons. The number of rotatable bonds is 16. The Hall–Kier alpha value is -4.57. The fourth-order valence-corrected chi connectivity index (χ4v) is 9.89. The zero-order chi connectivity index (χ0) is 40.6. The van der Waals surface area contributed by atoms with Gasteiger partial charge in [-0.1, -0.05) is 66.2 Å². The van der Waals surface area contributed by atoms with Crippen molar-refractivity contribution in [3.05, 3.63) is 135 Å². The molecule has 15 heteroatoms. The number of anilines is 2. The van der Waals surface area contributed by atoms with Gasteiger partial charge in [0.1, 0.15) is 17.8 Å². The summed E-state index contributed by atoms with van der Waals surface area (Å²) in [6.07, 6.45) is 4.75. The predicted molar refractivity (Wildman–Crippen MR) is 233 cm³/mol. The van der Waals surface area contributed by atoms with Gasteiger partial charge >= 0.3 is 0 Å².